The summed E-state index contributed by atoms with van der Waals surface area (Å²) in [5.74, 6) is 6.16. The molecule has 2 amide bonds. The molecule has 1 aromatic carbocycles. The first-order valence-corrected chi connectivity index (χ1v) is 17.2. The Morgan fingerprint density at radius 1 is 1.33 bits per heavy atom. The standard InChI is InChI=1S/C32H42N8O2.C4H9N.C2H6/c1-6-8-11-23-12-9-10-21-15-22(30(42)39(4)5)13-14-27(21)32(23,31(34)37-38-35)17-24(7-2)36-19-28(41)40-25(18-33)16-26-20(3)29(26)40;1-4(2)5-3;1-2/h6,8,11-15,20,24-26,29,36H,1,7,9-10,16-17,19H2,2-5H3,(H3,34,35,37);5H,1H2,2-3H3;1-2H3/b11-8-;;/t20?,24-,25?,26?,29?,32?;;/m1../s1. The molecule has 5 unspecified atom stereocenters. The molecule has 0 spiro atoms. The lowest BCUT2D eigenvalue weighted by atomic mass is 9.67. The molecular formula is C38H57N9O2. The van der Waals surface area contributed by atoms with Crippen LogP contribution in [0.15, 0.2) is 77.3 Å². The lowest BCUT2D eigenvalue weighted by Crippen LogP contribution is -2.48. The highest BCUT2D eigenvalue weighted by atomic mass is 16.2. The normalized spacial score (nSPS) is 24.0. The first-order chi connectivity index (χ1) is 23.4. The summed E-state index contributed by atoms with van der Waals surface area (Å²) in [6.07, 6.45) is 10.8. The Labute approximate surface area is 293 Å². The van der Waals surface area contributed by atoms with E-state index in [2.05, 4.69) is 53.2 Å². The number of aryl methyl sites for hydroxylation is 1. The molecule has 1 heterocycles. The average molecular weight is 672 g/mol. The van der Waals surface area contributed by atoms with E-state index < -0.39 is 5.41 Å². The number of amides is 2. The van der Waals surface area contributed by atoms with Crippen LogP contribution in [0.5, 0.6) is 0 Å². The van der Waals surface area contributed by atoms with E-state index in [4.69, 9.17) is 5.84 Å². The molecule has 4 rings (SSSR count). The Hall–Kier alpha value is -4.56. The highest BCUT2D eigenvalue weighted by Gasteiger charge is 2.60. The van der Waals surface area contributed by atoms with E-state index in [9.17, 15) is 20.3 Å². The summed E-state index contributed by atoms with van der Waals surface area (Å²) in [4.78, 5) is 29.5. The summed E-state index contributed by atoms with van der Waals surface area (Å²) in [6, 6.07) is 7.52. The Kier molecular flexibility index (Phi) is 15.6. The molecule has 266 valence electrons. The van der Waals surface area contributed by atoms with Gasteiger partial charge >= 0.3 is 0 Å². The van der Waals surface area contributed by atoms with Crippen LogP contribution < -0.4 is 16.5 Å². The van der Waals surface area contributed by atoms with Gasteiger partial charge in [-0.2, -0.15) is 5.26 Å². The van der Waals surface area contributed by atoms with Crippen molar-refractivity contribution in [1.82, 2.24) is 20.4 Å². The predicted molar refractivity (Wildman–Crippen MR) is 198 cm³/mol. The van der Waals surface area contributed by atoms with E-state index in [0.29, 0.717) is 43.1 Å². The van der Waals surface area contributed by atoms with Gasteiger partial charge < -0.3 is 26.3 Å². The molecule has 1 saturated carbocycles. The lowest BCUT2D eigenvalue weighted by Gasteiger charge is -2.38. The minimum Gasteiger partial charge on any atom is -0.392 e. The molecule has 2 fully saturated rings. The number of carbonyl (C=O) groups is 2. The van der Waals surface area contributed by atoms with Crippen molar-refractivity contribution in [2.24, 2.45) is 28.0 Å². The molecule has 0 radical (unpaired) electrons. The first kappa shape index (κ1) is 40.6. The summed E-state index contributed by atoms with van der Waals surface area (Å²) in [5, 5.41) is 32.7. The van der Waals surface area contributed by atoms with Crippen LogP contribution in [0.1, 0.15) is 81.8 Å². The number of nitrogens with one attached hydrogen (secondary N) is 3. The fourth-order valence-electron chi connectivity index (χ4n) is 6.86. The number of fused-ring (bicyclic) bond motifs is 2. The summed E-state index contributed by atoms with van der Waals surface area (Å²) >= 11 is 0. The zero-order chi connectivity index (χ0) is 36.9. The monoisotopic (exact) mass is 671 g/mol. The summed E-state index contributed by atoms with van der Waals surface area (Å²) in [6.45, 7) is 17.6. The van der Waals surface area contributed by atoms with Gasteiger partial charge in [-0.1, -0.05) is 76.4 Å². The maximum atomic E-state index is 13.4. The minimum atomic E-state index is -1.05. The van der Waals surface area contributed by atoms with Crippen LogP contribution in [0.4, 0.5) is 0 Å². The summed E-state index contributed by atoms with van der Waals surface area (Å²) in [7, 11) is 5.29. The highest BCUT2D eigenvalue weighted by Crippen LogP contribution is 2.53. The highest BCUT2D eigenvalue weighted by molar-refractivity contribution is 5.97. The maximum Gasteiger partial charge on any atom is 0.253 e. The summed E-state index contributed by atoms with van der Waals surface area (Å²) in [5.41, 5.74) is 3.19. The van der Waals surface area contributed by atoms with Crippen LogP contribution >= 0.6 is 0 Å². The minimum absolute atomic E-state index is 0.0230. The van der Waals surface area contributed by atoms with E-state index >= 15 is 0 Å². The van der Waals surface area contributed by atoms with E-state index in [-0.39, 0.29) is 42.3 Å². The molecule has 5 N–H and O–H groups in total. The first-order valence-electron chi connectivity index (χ1n) is 17.2. The number of allylic oxidation sites excluding steroid dienone is 5. The molecule has 11 nitrogen and oxygen atoms in total. The fraction of sp³-hybridized carbons (Fsp3) is 0.526. The molecule has 0 aromatic heterocycles. The quantitative estimate of drug-likeness (QED) is 0.0578. The van der Waals surface area contributed by atoms with Gasteiger partial charge in [0.15, 0.2) is 5.84 Å². The van der Waals surface area contributed by atoms with Gasteiger partial charge in [0.1, 0.15) is 6.04 Å². The third-order valence-corrected chi connectivity index (χ3v) is 9.58. The number of benzene rings is 1. The number of likely N-dealkylation sites (tertiary alicyclic amines) is 1. The SMILES string of the molecule is C=C(C)NC.C=C/C=C\C1=CCCc2cc(C(=O)N(C)C)ccc2C1(C[C@@H](CC)NCC(=O)N1C(C#N)CC2C(C)C21)C(=N)N=NN.CC. The van der Waals surface area contributed by atoms with Gasteiger partial charge in [0, 0.05) is 38.8 Å². The Morgan fingerprint density at radius 3 is 2.55 bits per heavy atom. The van der Waals surface area contributed by atoms with Crippen molar-refractivity contribution in [2.45, 2.75) is 90.3 Å². The van der Waals surface area contributed by atoms with Crippen LogP contribution in [-0.2, 0) is 16.6 Å². The van der Waals surface area contributed by atoms with Gasteiger partial charge in [0.05, 0.1) is 18.0 Å². The fourth-order valence-corrected chi connectivity index (χ4v) is 6.86. The van der Waals surface area contributed by atoms with E-state index in [1.54, 1.807) is 36.0 Å². The molecule has 49 heavy (non-hydrogen) atoms. The zero-order valence-electron chi connectivity index (χ0n) is 30.7. The lowest BCUT2D eigenvalue weighted by molar-refractivity contribution is -0.131. The molecule has 3 aliphatic rings. The topological polar surface area (TPSA) is 163 Å². The largest absolute Gasteiger partial charge is 0.392 e. The maximum absolute atomic E-state index is 13.4. The van der Waals surface area contributed by atoms with Gasteiger partial charge in [0.25, 0.3) is 5.91 Å². The second-order valence-electron chi connectivity index (χ2n) is 12.7. The predicted octanol–water partition coefficient (Wildman–Crippen LogP) is 5.83. The Morgan fingerprint density at radius 2 is 2.00 bits per heavy atom. The third-order valence-electron chi connectivity index (χ3n) is 9.58. The molecule has 1 aromatic rings. The molecule has 6 atom stereocenters. The van der Waals surface area contributed by atoms with Crippen LogP contribution in [-0.4, -0.2) is 73.3 Å². The van der Waals surface area contributed by atoms with Gasteiger partial charge in [-0.25, -0.2) is 0 Å². The van der Waals surface area contributed by atoms with E-state index in [1.165, 1.54) is 0 Å². The summed E-state index contributed by atoms with van der Waals surface area (Å²) < 4.78 is 0. The average Bonchev–Trinajstić information content (AvgIpc) is 3.59. The van der Waals surface area contributed by atoms with Crippen LogP contribution in [0.3, 0.4) is 0 Å². The van der Waals surface area contributed by atoms with Crippen molar-refractivity contribution >= 4 is 17.6 Å². The molecule has 11 heteroatoms. The molecule has 1 aliphatic heterocycles. The molecule has 2 aliphatic carbocycles. The molecule has 0 bridgehead atoms. The smallest absolute Gasteiger partial charge is 0.253 e. The van der Waals surface area contributed by atoms with Crippen molar-refractivity contribution in [1.29, 1.82) is 10.7 Å². The second kappa shape index (κ2) is 18.8. The van der Waals surface area contributed by atoms with Crippen molar-refractivity contribution in [2.75, 3.05) is 27.7 Å². The number of nitrogens with zero attached hydrogens (tertiary/aromatic N) is 5. The third kappa shape index (κ3) is 9.33. The van der Waals surface area contributed by atoms with E-state index in [0.717, 1.165) is 28.8 Å². The van der Waals surface area contributed by atoms with Crippen LogP contribution in [0.2, 0.25) is 0 Å². The molecular weight excluding hydrogens is 614 g/mol. The van der Waals surface area contributed by atoms with Gasteiger partial charge in [-0.3, -0.25) is 15.0 Å². The second-order valence-corrected chi connectivity index (χ2v) is 12.7. The number of piperidine rings is 1. The Balaban J connectivity index is 0.00000109. The van der Waals surface area contributed by atoms with E-state index in [1.807, 2.05) is 59.0 Å². The zero-order valence-corrected chi connectivity index (χ0v) is 30.7. The number of hydrogen-bond acceptors (Lipinski definition) is 7. The number of amidine groups is 1. The van der Waals surface area contributed by atoms with Crippen molar-refractivity contribution in [3.05, 3.63) is 83.6 Å². The van der Waals surface area contributed by atoms with Crippen LogP contribution in [0, 0.1) is 28.6 Å². The Bertz CT molecular complexity index is 1490. The number of nitriles is 1. The molecule has 1 saturated heterocycles. The van der Waals surface area contributed by atoms with Crippen molar-refractivity contribution in [3.63, 3.8) is 0 Å². The van der Waals surface area contributed by atoms with Crippen molar-refractivity contribution < 1.29 is 9.59 Å². The number of hydrogen-bond donors (Lipinski definition) is 4. The van der Waals surface area contributed by atoms with Crippen molar-refractivity contribution in [3.8, 4) is 6.07 Å². The van der Waals surface area contributed by atoms with Crippen LogP contribution in [0.25, 0.3) is 0 Å². The number of carbonyl (C=O) groups excluding carboxylic acids is 2. The van der Waals surface area contributed by atoms with Gasteiger partial charge in [-0.05, 0) is 85.4 Å². The number of nitrogens with two attached hydrogens (primary N) is 1. The number of rotatable bonds is 11. The van der Waals surface area contributed by atoms with Gasteiger partial charge in [0.2, 0.25) is 5.91 Å². The van der Waals surface area contributed by atoms with Gasteiger partial charge in [-0.15, -0.1) is 5.11 Å².